The van der Waals surface area contributed by atoms with Gasteiger partial charge in [0.05, 0.1) is 17.7 Å². The molecule has 0 atom stereocenters. The summed E-state index contributed by atoms with van der Waals surface area (Å²) in [6, 6.07) is 11.7. The van der Waals surface area contributed by atoms with Crippen molar-refractivity contribution in [2.45, 2.75) is 37.8 Å². The van der Waals surface area contributed by atoms with Gasteiger partial charge < -0.3 is 14.2 Å². The summed E-state index contributed by atoms with van der Waals surface area (Å²) < 4.78 is 9.04. The maximum Gasteiger partial charge on any atom is 0.253 e. The van der Waals surface area contributed by atoms with E-state index in [0.717, 1.165) is 42.3 Å². The Bertz CT molecular complexity index is 1100. The summed E-state index contributed by atoms with van der Waals surface area (Å²) in [6.07, 6.45) is 9.45. The van der Waals surface area contributed by atoms with Crippen LogP contribution in [0.5, 0.6) is 5.75 Å². The van der Waals surface area contributed by atoms with Crippen LogP contribution in [0, 0.1) is 5.92 Å². The SMILES string of the molecule is O=C(c1ccncc1)N1CCC2(CC1)Oc1ccccc1-c1ncn(CC3CC3)c12. The molecule has 3 aromatic rings. The third kappa shape index (κ3) is 2.82. The molecule has 1 aliphatic carbocycles. The highest BCUT2D eigenvalue weighted by Crippen LogP contribution is 2.49. The van der Waals surface area contributed by atoms with Crippen molar-refractivity contribution in [3.8, 4) is 17.0 Å². The van der Waals surface area contributed by atoms with Crippen LogP contribution in [0.25, 0.3) is 11.3 Å². The van der Waals surface area contributed by atoms with Crippen molar-refractivity contribution < 1.29 is 9.53 Å². The van der Waals surface area contributed by atoms with Gasteiger partial charge in [0.25, 0.3) is 5.91 Å². The summed E-state index contributed by atoms with van der Waals surface area (Å²) in [7, 11) is 0. The van der Waals surface area contributed by atoms with E-state index in [1.165, 1.54) is 18.5 Å². The van der Waals surface area contributed by atoms with E-state index in [9.17, 15) is 4.79 Å². The molecule has 3 aliphatic rings. The lowest BCUT2D eigenvalue weighted by atomic mass is 9.83. The lowest BCUT2D eigenvalue weighted by molar-refractivity contribution is -0.00743. The number of likely N-dealkylation sites (tertiary alicyclic amines) is 1. The third-order valence-corrected chi connectivity index (χ3v) is 6.65. The molecule has 0 N–H and O–H groups in total. The first-order valence-electron chi connectivity index (χ1n) is 10.8. The fraction of sp³-hybridized carbons (Fsp3) is 0.375. The number of benzene rings is 1. The fourth-order valence-corrected chi connectivity index (χ4v) is 4.87. The second kappa shape index (κ2) is 6.69. The highest BCUT2D eigenvalue weighted by molar-refractivity contribution is 5.94. The second-order valence-corrected chi connectivity index (χ2v) is 8.66. The van der Waals surface area contributed by atoms with Crippen LogP contribution in [0.4, 0.5) is 0 Å². The number of hydrogen-bond acceptors (Lipinski definition) is 4. The molecule has 2 aliphatic heterocycles. The minimum absolute atomic E-state index is 0.0650. The van der Waals surface area contributed by atoms with Crippen LogP contribution in [0.2, 0.25) is 0 Å². The minimum Gasteiger partial charge on any atom is -0.480 e. The molecule has 6 nitrogen and oxygen atoms in total. The molecule has 1 spiro atoms. The van der Waals surface area contributed by atoms with Crippen LogP contribution in [0.15, 0.2) is 55.1 Å². The molecule has 4 heterocycles. The van der Waals surface area contributed by atoms with Gasteiger partial charge in [-0.25, -0.2) is 4.98 Å². The van der Waals surface area contributed by atoms with E-state index >= 15 is 0 Å². The summed E-state index contributed by atoms with van der Waals surface area (Å²) in [5.41, 5.74) is 3.58. The maximum absolute atomic E-state index is 12.9. The number of pyridine rings is 1. The Hall–Kier alpha value is -3.15. The number of amides is 1. The van der Waals surface area contributed by atoms with Crippen LogP contribution >= 0.6 is 0 Å². The smallest absolute Gasteiger partial charge is 0.253 e. The zero-order valence-electron chi connectivity index (χ0n) is 16.8. The number of nitrogens with zero attached hydrogens (tertiary/aromatic N) is 4. The Morgan fingerprint density at radius 1 is 1.10 bits per heavy atom. The molecule has 0 unspecified atom stereocenters. The molecule has 1 amide bonds. The Morgan fingerprint density at radius 2 is 1.87 bits per heavy atom. The van der Waals surface area contributed by atoms with Gasteiger partial charge >= 0.3 is 0 Å². The number of hydrogen-bond donors (Lipinski definition) is 0. The Kier molecular flexibility index (Phi) is 3.94. The standard InChI is InChI=1S/C24H24N4O2/c29-23(18-7-11-25-12-8-18)27-13-9-24(10-14-27)22-21(19-3-1-2-4-20(19)30-24)26-16-28(22)15-17-5-6-17/h1-4,7-8,11-12,16-17H,5-6,9-10,13-15H2. The summed E-state index contributed by atoms with van der Waals surface area (Å²) in [6.45, 7) is 2.34. The highest BCUT2D eigenvalue weighted by Gasteiger charge is 2.47. The quantitative estimate of drug-likeness (QED) is 0.669. The number of fused-ring (bicyclic) bond motifs is 4. The molecule has 30 heavy (non-hydrogen) atoms. The number of aromatic nitrogens is 3. The van der Waals surface area contributed by atoms with Gasteiger partial charge in [0.2, 0.25) is 0 Å². The van der Waals surface area contributed by atoms with Crippen molar-refractivity contribution in [3.05, 3.63) is 66.4 Å². The minimum atomic E-state index is -0.426. The largest absolute Gasteiger partial charge is 0.480 e. The molecule has 0 radical (unpaired) electrons. The molecule has 152 valence electrons. The van der Waals surface area contributed by atoms with Crippen LogP contribution in [-0.4, -0.2) is 38.4 Å². The highest BCUT2D eigenvalue weighted by atomic mass is 16.5. The molecule has 6 rings (SSSR count). The Balaban J connectivity index is 1.33. The van der Waals surface area contributed by atoms with Gasteiger partial charge in [0, 0.05) is 56.0 Å². The Morgan fingerprint density at radius 3 is 2.63 bits per heavy atom. The molecule has 2 fully saturated rings. The van der Waals surface area contributed by atoms with Crippen molar-refractivity contribution in [2.75, 3.05) is 13.1 Å². The van der Waals surface area contributed by atoms with Gasteiger partial charge in [-0.1, -0.05) is 12.1 Å². The maximum atomic E-state index is 12.9. The first kappa shape index (κ1) is 17.7. The number of piperidine rings is 1. The van der Waals surface area contributed by atoms with Gasteiger partial charge in [-0.3, -0.25) is 9.78 Å². The van der Waals surface area contributed by atoms with Crippen molar-refractivity contribution in [1.29, 1.82) is 0 Å². The summed E-state index contributed by atoms with van der Waals surface area (Å²) in [5.74, 6) is 1.72. The van der Waals surface area contributed by atoms with Crippen LogP contribution in [0.3, 0.4) is 0 Å². The molecule has 6 heteroatoms. The monoisotopic (exact) mass is 400 g/mol. The Labute approximate surface area is 175 Å². The number of carbonyl (C=O) groups excluding carboxylic acids is 1. The molecule has 1 saturated carbocycles. The molecular weight excluding hydrogens is 376 g/mol. The van der Waals surface area contributed by atoms with Crippen molar-refractivity contribution in [3.63, 3.8) is 0 Å². The number of carbonyl (C=O) groups is 1. The van der Waals surface area contributed by atoms with Gasteiger partial charge in [0.1, 0.15) is 5.75 Å². The zero-order valence-corrected chi connectivity index (χ0v) is 16.8. The summed E-state index contributed by atoms with van der Waals surface area (Å²) >= 11 is 0. The number of rotatable bonds is 3. The molecule has 2 aromatic heterocycles. The van der Waals surface area contributed by atoms with E-state index in [2.05, 4.69) is 15.6 Å². The first-order valence-corrected chi connectivity index (χ1v) is 10.8. The zero-order chi connectivity index (χ0) is 20.1. The van der Waals surface area contributed by atoms with Gasteiger partial charge in [0.15, 0.2) is 5.60 Å². The first-order chi connectivity index (χ1) is 14.7. The molecule has 0 bridgehead atoms. The average Bonchev–Trinajstić information content (AvgIpc) is 3.51. The van der Waals surface area contributed by atoms with Crippen LogP contribution in [-0.2, 0) is 12.1 Å². The fourth-order valence-electron chi connectivity index (χ4n) is 4.87. The van der Waals surface area contributed by atoms with Gasteiger partial charge in [-0.15, -0.1) is 0 Å². The summed E-state index contributed by atoms with van der Waals surface area (Å²) in [4.78, 5) is 23.7. The lowest BCUT2D eigenvalue weighted by Crippen LogP contribution is -2.50. The lowest BCUT2D eigenvalue weighted by Gasteiger charge is -2.44. The summed E-state index contributed by atoms with van der Waals surface area (Å²) in [5, 5.41) is 0. The van der Waals surface area contributed by atoms with Crippen molar-refractivity contribution in [2.24, 2.45) is 5.92 Å². The number of imidazole rings is 1. The van der Waals surface area contributed by atoms with Crippen LogP contribution in [0.1, 0.15) is 41.7 Å². The third-order valence-electron chi connectivity index (χ3n) is 6.65. The number of ether oxygens (including phenoxy) is 1. The van der Waals surface area contributed by atoms with E-state index in [1.54, 1.807) is 24.5 Å². The van der Waals surface area contributed by atoms with E-state index in [4.69, 9.17) is 9.72 Å². The number of para-hydroxylation sites is 1. The van der Waals surface area contributed by atoms with Gasteiger partial charge in [-0.2, -0.15) is 0 Å². The van der Waals surface area contributed by atoms with Crippen molar-refractivity contribution >= 4 is 5.91 Å². The molecule has 1 aromatic carbocycles. The predicted octanol–water partition coefficient (Wildman–Crippen LogP) is 3.88. The van der Waals surface area contributed by atoms with Crippen LogP contribution < -0.4 is 4.74 Å². The molecule has 1 saturated heterocycles. The van der Waals surface area contributed by atoms with Crippen molar-refractivity contribution in [1.82, 2.24) is 19.4 Å². The second-order valence-electron chi connectivity index (χ2n) is 8.66. The van der Waals surface area contributed by atoms with E-state index < -0.39 is 5.60 Å². The van der Waals surface area contributed by atoms with Gasteiger partial charge in [-0.05, 0) is 43.0 Å². The molecular formula is C24H24N4O2. The van der Waals surface area contributed by atoms with E-state index in [-0.39, 0.29) is 5.91 Å². The topological polar surface area (TPSA) is 60.3 Å². The van der Waals surface area contributed by atoms with E-state index in [1.807, 2.05) is 29.4 Å². The predicted molar refractivity (Wildman–Crippen MR) is 112 cm³/mol. The average molecular weight is 400 g/mol. The van der Waals surface area contributed by atoms with E-state index in [0.29, 0.717) is 18.7 Å². The normalized spacial score (nSPS) is 19.1.